The van der Waals surface area contributed by atoms with Gasteiger partial charge in [-0.25, -0.2) is 0 Å². The first-order valence-corrected chi connectivity index (χ1v) is 26.2. The minimum Gasteiger partial charge on any atom is -0.462 e. The molecule has 0 radical (unpaired) electrons. The third-order valence-electron chi connectivity index (χ3n) is 11.0. The molecule has 0 aromatic heterocycles. The van der Waals surface area contributed by atoms with Crippen molar-refractivity contribution >= 4 is 17.9 Å². The maximum atomic E-state index is 12.8. The highest BCUT2D eigenvalue weighted by molar-refractivity contribution is 5.71. The molecule has 0 aromatic rings. The average Bonchev–Trinajstić information content (AvgIpc) is 3.28. The number of hydrogen-bond donors (Lipinski definition) is 0. The van der Waals surface area contributed by atoms with E-state index in [0.29, 0.717) is 19.3 Å². The quantitative estimate of drug-likeness (QED) is 0.0262. The van der Waals surface area contributed by atoms with E-state index in [9.17, 15) is 14.4 Å². The molecule has 0 aliphatic carbocycles. The molecule has 0 fully saturated rings. The number of esters is 3. The lowest BCUT2D eigenvalue weighted by Crippen LogP contribution is -2.30. The number of ether oxygens (including phenoxy) is 3. The van der Waals surface area contributed by atoms with Crippen LogP contribution < -0.4 is 0 Å². The highest BCUT2D eigenvalue weighted by atomic mass is 16.6. The van der Waals surface area contributed by atoms with Gasteiger partial charge in [-0.1, -0.05) is 247 Å². The molecule has 360 valence electrons. The predicted octanol–water partition coefficient (Wildman–Crippen LogP) is 17.2. The van der Waals surface area contributed by atoms with Crippen molar-refractivity contribution in [3.05, 3.63) is 85.1 Å². The van der Waals surface area contributed by atoms with Crippen molar-refractivity contribution in [2.45, 2.75) is 245 Å². The van der Waals surface area contributed by atoms with Crippen LogP contribution in [0.25, 0.3) is 0 Å². The Bertz CT molecular complexity index is 1240. The normalized spacial score (nSPS) is 12.7. The summed E-state index contributed by atoms with van der Waals surface area (Å²) in [6.45, 7) is 6.41. The Labute approximate surface area is 388 Å². The summed E-state index contributed by atoms with van der Waals surface area (Å²) in [6, 6.07) is 0. The van der Waals surface area contributed by atoms with E-state index in [0.717, 1.165) is 70.6 Å². The molecule has 0 bridgehead atoms. The lowest BCUT2D eigenvalue weighted by molar-refractivity contribution is -0.167. The molecule has 0 saturated heterocycles. The van der Waals surface area contributed by atoms with Crippen molar-refractivity contribution in [2.75, 3.05) is 13.2 Å². The van der Waals surface area contributed by atoms with Crippen LogP contribution in [0.1, 0.15) is 239 Å². The molecule has 1 unspecified atom stereocenters. The first kappa shape index (κ1) is 59.6. The SMILES string of the molecule is CC/C=C/C=C/C=C/C=C/C=C/CCCC(=O)OCC(COC(=O)CCCCCCC/C=C/C=C/CCCCCCCCC)OC(=O)CCCCCCCCCCCCCCCC. The van der Waals surface area contributed by atoms with Crippen LogP contribution in [0.15, 0.2) is 85.1 Å². The molecule has 0 N–H and O–H groups in total. The van der Waals surface area contributed by atoms with Gasteiger partial charge >= 0.3 is 17.9 Å². The van der Waals surface area contributed by atoms with Gasteiger partial charge in [0, 0.05) is 19.3 Å². The summed E-state index contributed by atoms with van der Waals surface area (Å²) in [5, 5.41) is 0. The minimum absolute atomic E-state index is 0.106. The fourth-order valence-electron chi connectivity index (χ4n) is 7.11. The molecule has 0 heterocycles. The lowest BCUT2D eigenvalue weighted by Gasteiger charge is -2.18. The van der Waals surface area contributed by atoms with E-state index in [-0.39, 0.29) is 37.5 Å². The van der Waals surface area contributed by atoms with Crippen LogP contribution in [0, 0.1) is 0 Å². The van der Waals surface area contributed by atoms with Gasteiger partial charge in [-0.3, -0.25) is 14.4 Å². The van der Waals surface area contributed by atoms with Crippen LogP contribution in [0.5, 0.6) is 0 Å². The topological polar surface area (TPSA) is 78.9 Å². The zero-order valence-corrected chi connectivity index (χ0v) is 41.1. The van der Waals surface area contributed by atoms with Crippen LogP contribution >= 0.6 is 0 Å². The van der Waals surface area contributed by atoms with Crippen LogP contribution in [0.4, 0.5) is 0 Å². The van der Waals surface area contributed by atoms with Crippen LogP contribution in [-0.2, 0) is 28.6 Å². The van der Waals surface area contributed by atoms with Gasteiger partial charge in [0.1, 0.15) is 13.2 Å². The van der Waals surface area contributed by atoms with Crippen molar-refractivity contribution < 1.29 is 28.6 Å². The Kier molecular flexibility index (Phi) is 48.5. The summed E-state index contributed by atoms with van der Waals surface area (Å²) in [6.07, 6.45) is 65.7. The third-order valence-corrected chi connectivity index (χ3v) is 11.0. The summed E-state index contributed by atoms with van der Waals surface area (Å²) in [5.74, 6) is -0.994. The van der Waals surface area contributed by atoms with Gasteiger partial charge < -0.3 is 14.2 Å². The Morgan fingerprint density at radius 2 is 0.635 bits per heavy atom. The standard InChI is InChI=1S/C57H96O6/c1-4-7-10-13-16-19-22-25-27-28-29-30-33-35-38-41-44-47-50-56(59)62-53-54(52-61-55(58)49-46-43-40-37-34-31-24-21-18-15-12-9-6-3)63-57(60)51-48-45-42-39-36-32-26-23-20-17-14-11-8-5-2/h9,12,15,18,21,24,27-31,34,37,40,54H,4-8,10-11,13-14,16-17,19-20,22-23,25-26,32-33,35-36,38-39,41-53H2,1-3H3/b12-9+,18-15+,24-21+,28-27+,30-29+,34-31+,40-37+. The predicted molar refractivity (Wildman–Crippen MR) is 270 cm³/mol. The molecule has 63 heavy (non-hydrogen) atoms. The number of hydrogen-bond acceptors (Lipinski definition) is 6. The van der Waals surface area contributed by atoms with Gasteiger partial charge in [0.05, 0.1) is 0 Å². The lowest BCUT2D eigenvalue weighted by atomic mass is 10.0. The molecule has 1 atom stereocenters. The van der Waals surface area contributed by atoms with Gasteiger partial charge in [0.25, 0.3) is 0 Å². The van der Waals surface area contributed by atoms with E-state index >= 15 is 0 Å². The number of unbranched alkanes of at least 4 members (excludes halogenated alkanes) is 26. The fourth-order valence-corrected chi connectivity index (χ4v) is 7.11. The number of rotatable bonds is 46. The molecule has 0 aliphatic rings. The van der Waals surface area contributed by atoms with Crippen LogP contribution in [0.3, 0.4) is 0 Å². The molecule has 6 heteroatoms. The smallest absolute Gasteiger partial charge is 0.306 e. The van der Waals surface area contributed by atoms with Gasteiger partial charge in [0.2, 0.25) is 0 Å². The van der Waals surface area contributed by atoms with Crippen LogP contribution in [-0.4, -0.2) is 37.2 Å². The van der Waals surface area contributed by atoms with E-state index in [4.69, 9.17) is 14.2 Å². The van der Waals surface area contributed by atoms with Gasteiger partial charge in [0.15, 0.2) is 6.10 Å². The molecule has 0 rings (SSSR count). The maximum Gasteiger partial charge on any atom is 0.306 e. The van der Waals surface area contributed by atoms with Crippen molar-refractivity contribution in [2.24, 2.45) is 0 Å². The van der Waals surface area contributed by atoms with E-state index in [2.05, 4.69) is 51.2 Å². The average molecular weight is 877 g/mol. The largest absolute Gasteiger partial charge is 0.462 e. The van der Waals surface area contributed by atoms with E-state index in [1.807, 2.05) is 54.7 Å². The second kappa shape index (κ2) is 51.2. The van der Waals surface area contributed by atoms with Gasteiger partial charge in [-0.15, -0.1) is 0 Å². The summed E-state index contributed by atoms with van der Waals surface area (Å²) < 4.78 is 16.7. The highest BCUT2D eigenvalue weighted by Crippen LogP contribution is 2.15. The highest BCUT2D eigenvalue weighted by Gasteiger charge is 2.19. The summed E-state index contributed by atoms with van der Waals surface area (Å²) in [5.41, 5.74) is 0. The van der Waals surface area contributed by atoms with Crippen molar-refractivity contribution in [3.8, 4) is 0 Å². The Hall–Kier alpha value is -3.41. The molecule has 6 nitrogen and oxygen atoms in total. The molecular weight excluding hydrogens is 781 g/mol. The van der Waals surface area contributed by atoms with E-state index in [1.54, 1.807) is 0 Å². The summed E-state index contributed by atoms with van der Waals surface area (Å²) in [7, 11) is 0. The zero-order chi connectivity index (χ0) is 45.8. The Balaban J connectivity index is 4.48. The first-order valence-electron chi connectivity index (χ1n) is 26.2. The number of carbonyl (C=O) groups is 3. The fraction of sp³-hybridized carbons (Fsp3) is 0.702. The second-order valence-corrected chi connectivity index (χ2v) is 17.2. The van der Waals surface area contributed by atoms with Crippen LogP contribution in [0.2, 0.25) is 0 Å². The summed E-state index contributed by atoms with van der Waals surface area (Å²) >= 11 is 0. The maximum absolute atomic E-state index is 12.8. The zero-order valence-electron chi connectivity index (χ0n) is 41.1. The first-order chi connectivity index (χ1) is 31.0. The minimum atomic E-state index is -0.809. The Morgan fingerprint density at radius 3 is 1.05 bits per heavy atom. The molecular formula is C57H96O6. The molecule has 0 aliphatic heterocycles. The van der Waals surface area contributed by atoms with Gasteiger partial charge in [-0.05, 0) is 57.8 Å². The molecule has 0 aromatic carbocycles. The van der Waals surface area contributed by atoms with Gasteiger partial charge in [-0.2, -0.15) is 0 Å². The van der Waals surface area contributed by atoms with Crippen molar-refractivity contribution in [1.82, 2.24) is 0 Å². The van der Waals surface area contributed by atoms with E-state index < -0.39 is 6.10 Å². The Morgan fingerprint density at radius 1 is 0.333 bits per heavy atom. The molecule has 0 spiro atoms. The van der Waals surface area contributed by atoms with E-state index in [1.165, 1.54) is 122 Å². The summed E-state index contributed by atoms with van der Waals surface area (Å²) in [4.78, 5) is 37.9. The van der Waals surface area contributed by atoms with Crippen molar-refractivity contribution in [1.29, 1.82) is 0 Å². The number of carbonyl (C=O) groups excluding carboxylic acids is 3. The second-order valence-electron chi connectivity index (χ2n) is 17.2. The number of allylic oxidation sites excluding steroid dienone is 14. The molecule has 0 saturated carbocycles. The monoisotopic (exact) mass is 877 g/mol. The van der Waals surface area contributed by atoms with Crippen molar-refractivity contribution in [3.63, 3.8) is 0 Å². The molecule has 0 amide bonds. The third kappa shape index (κ3) is 49.5.